The maximum Gasteiger partial charge on any atom is 0.123 e. The van der Waals surface area contributed by atoms with E-state index >= 15 is 0 Å². The maximum atomic E-state index is 10.8. The highest BCUT2D eigenvalue weighted by molar-refractivity contribution is 5.84. The SMILES string of the molecule is Oc1ccccc1-c1cc(C(c2ccc(O)c(-c3ccccc3O)c2)c2ccc3ccccc3c2)ccc1O. The van der Waals surface area contributed by atoms with Gasteiger partial charge in [0.1, 0.15) is 23.0 Å². The monoisotopic (exact) mass is 510 g/mol. The van der Waals surface area contributed by atoms with Crippen LogP contribution in [0.2, 0.25) is 0 Å². The van der Waals surface area contributed by atoms with E-state index in [2.05, 4.69) is 30.3 Å². The van der Waals surface area contributed by atoms with Crippen LogP contribution < -0.4 is 0 Å². The van der Waals surface area contributed by atoms with E-state index in [1.165, 1.54) is 0 Å². The molecule has 4 N–H and O–H groups in total. The standard InChI is InChI=1S/C35H26O4/c36-31-11-5-3-9-27(31)29-20-25(15-17-33(29)38)35(24-14-13-22-7-1-2-8-23(22)19-24)26-16-18-34(39)30(21-26)28-10-4-6-12-32(28)37/h1-21,35-39H. The first-order chi connectivity index (χ1) is 19.0. The van der Waals surface area contributed by atoms with Crippen molar-refractivity contribution in [3.8, 4) is 45.3 Å². The molecule has 4 heteroatoms. The van der Waals surface area contributed by atoms with Crippen molar-refractivity contribution in [2.24, 2.45) is 0 Å². The third-order valence-corrected chi connectivity index (χ3v) is 7.20. The number of hydrogen-bond donors (Lipinski definition) is 4. The molecule has 0 aliphatic rings. The van der Waals surface area contributed by atoms with Crippen molar-refractivity contribution in [2.45, 2.75) is 5.92 Å². The van der Waals surface area contributed by atoms with Gasteiger partial charge in [-0.25, -0.2) is 0 Å². The summed E-state index contributed by atoms with van der Waals surface area (Å²) in [4.78, 5) is 0. The third-order valence-electron chi connectivity index (χ3n) is 7.20. The summed E-state index contributed by atoms with van der Waals surface area (Å²) < 4.78 is 0. The van der Waals surface area contributed by atoms with E-state index in [9.17, 15) is 20.4 Å². The fraction of sp³-hybridized carbons (Fsp3) is 0.0286. The lowest BCUT2D eigenvalue weighted by atomic mass is 9.82. The van der Waals surface area contributed by atoms with Crippen molar-refractivity contribution in [2.75, 3.05) is 0 Å². The molecule has 0 aliphatic carbocycles. The van der Waals surface area contributed by atoms with E-state index in [1.54, 1.807) is 48.5 Å². The van der Waals surface area contributed by atoms with Gasteiger partial charge in [0.2, 0.25) is 0 Å². The number of hydrogen-bond acceptors (Lipinski definition) is 4. The minimum Gasteiger partial charge on any atom is -0.507 e. The van der Waals surface area contributed by atoms with Gasteiger partial charge < -0.3 is 20.4 Å². The molecule has 6 rings (SSSR count). The molecule has 0 bridgehead atoms. The number of aromatic hydroxyl groups is 4. The van der Waals surface area contributed by atoms with Crippen molar-refractivity contribution in [3.63, 3.8) is 0 Å². The summed E-state index contributed by atoms with van der Waals surface area (Å²) in [6.07, 6.45) is 0. The molecule has 0 amide bonds. The summed E-state index contributed by atoms with van der Waals surface area (Å²) in [6.45, 7) is 0. The molecule has 0 saturated carbocycles. The summed E-state index contributed by atoms with van der Waals surface area (Å²) >= 11 is 0. The topological polar surface area (TPSA) is 80.9 Å². The summed E-state index contributed by atoms with van der Waals surface area (Å²) in [5, 5.41) is 44.8. The fourth-order valence-corrected chi connectivity index (χ4v) is 5.27. The van der Waals surface area contributed by atoms with E-state index in [4.69, 9.17) is 0 Å². The molecule has 6 aromatic rings. The number of fused-ring (bicyclic) bond motifs is 1. The molecule has 4 nitrogen and oxygen atoms in total. The number of phenols is 4. The van der Waals surface area contributed by atoms with Crippen LogP contribution in [0.15, 0.2) is 127 Å². The van der Waals surface area contributed by atoms with E-state index in [0.29, 0.717) is 22.3 Å². The minimum absolute atomic E-state index is 0.0677. The van der Waals surface area contributed by atoms with Crippen LogP contribution in [0.3, 0.4) is 0 Å². The molecule has 0 atom stereocenters. The Hall–Kier alpha value is -5.22. The third kappa shape index (κ3) is 4.53. The minimum atomic E-state index is -0.273. The molecule has 0 aliphatic heterocycles. The van der Waals surface area contributed by atoms with Gasteiger partial charge in [0.25, 0.3) is 0 Å². The Morgan fingerprint density at radius 3 is 1.28 bits per heavy atom. The first-order valence-corrected chi connectivity index (χ1v) is 12.7. The van der Waals surface area contributed by atoms with Gasteiger partial charge >= 0.3 is 0 Å². The van der Waals surface area contributed by atoms with Crippen LogP contribution in [0.1, 0.15) is 22.6 Å². The molecule has 190 valence electrons. The second-order valence-corrected chi connectivity index (χ2v) is 9.63. The predicted octanol–water partition coefficient (Wildman–Crippen LogP) is 8.18. The van der Waals surface area contributed by atoms with Gasteiger partial charge in [0.15, 0.2) is 0 Å². The molecule has 6 aromatic carbocycles. The molecule has 0 fully saturated rings. The van der Waals surface area contributed by atoms with Gasteiger partial charge in [0.05, 0.1) is 0 Å². The van der Waals surface area contributed by atoms with Crippen molar-refractivity contribution >= 4 is 10.8 Å². The zero-order valence-corrected chi connectivity index (χ0v) is 21.0. The van der Waals surface area contributed by atoms with Crippen LogP contribution in [-0.2, 0) is 0 Å². The maximum absolute atomic E-state index is 10.8. The average Bonchev–Trinajstić information content (AvgIpc) is 2.96. The molecular weight excluding hydrogens is 484 g/mol. The highest BCUT2D eigenvalue weighted by Crippen LogP contribution is 2.43. The van der Waals surface area contributed by atoms with Crippen LogP contribution in [0, 0.1) is 0 Å². The summed E-state index contributed by atoms with van der Waals surface area (Å²) in [6, 6.07) is 39.2. The smallest absolute Gasteiger partial charge is 0.123 e. The Labute approximate surface area is 226 Å². The second kappa shape index (κ2) is 9.92. The summed E-state index contributed by atoms with van der Waals surface area (Å²) in [5.41, 5.74) is 4.94. The zero-order valence-electron chi connectivity index (χ0n) is 21.0. The van der Waals surface area contributed by atoms with Gasteiger partial charge in [-0.15, -0.1) is 0 Å². The Morgan fingerprint density at radius 1 is 0.333 bits per heavy atom. The van der Waals surface area contributed by atoms with Crippen LogP contribution in [0.4, 0.5) is 0 Å². The van der Waals surface area contributed by atoms with Crippen LogP contribution in [0.5, 0.6) is 23.0 Å². The van der Waals surface area contributed by atoms with Gasteiger partial charge in [-0.3, -0.25) is 0 Å². The molecule has 0 unspecified atom stereocenters. The molecule has 39 heavy (non-hydrogen) atoms. The first kappa shape index (κ1) is 24.1. The van der Waals surface area contributed by atoms with Gasteiger partial charge in [-0.1, -0.05) is 91.0 Å². The fourth-order valence-electron chi connectivity index (χ4n) is 5.27. The van der Waals surface area contributed by atoms with E-state index < -0.39 is 0 Å². The lowest BCUT2D eigenvalue weighted by Gasteiger charge is -2.22. The Kier molecular flexibility index (Phi) is 6.14. The Balaban J connectivity index is 1.58. The lowest BCUT2D eigenvalue weighted by molar-refractivity contribution is 0.468. The second-order valence-electron chi connectivity index (χ2n) is 9.63. The predicted molar refractivity (Wildman–Crippen MR) is 155 cm³/mol. The molecule has 0 heterocycles. The quantitative estimate of drug-likeness (QED) is 0.176. The first-order valence-electron chi connectivity index (χ1n) is 12.7. The Bertz CT molecular complexity index is 1730. The van der Waals surface area contributed by atoms with Crippen molar-refractivity contribution in [1.82, 2.24) is 0 Å². The molecule has 0 aromatic heterocycles. The lowest BCUT2D eigenvalue weighted by Crippen LogP contribution is -2.04. The van der Waals surface area contributed by atoms with Crippen molar-refractivity contribution < 1.29 is 20.4 Å². The summed E-state index contributed by atoms with van der Waals surface area (Å²) in [7, 11) is 0. The van der Waals surface area contributed by atoms with Crippen LogP contribution in [-0.4, -0.2) is 20.4 Å². The van der Waals surface area contributed by atoms with E-state index in [-0.39, 0.29) is 28.9 Å². The number of benzene rings is 6. The molecule has 0 spiro atoms. The molecular formula is C35H26O4. The van der Waals surface area contributed by atoms with E-state index in [1.807, 2.05) is 48.5 Å². The van der Waals surface area contributed by atoms with Gasteiger partial charge in [-0.2, -0.15) is 0 Å². The Morgan fingerprint density at radius 2 is 0.744 bits per heavy atom. The van der Waals surface area contributed by atoms with Crippen LogP contribution in [0.25, 0.3) is 33.0 Å². The molecule has 0 saturated heterocycles. The number of rotatable bonds is 5. The van der Waals surface area contributed by atoms with Crippen molar-refractivity contribution in [3.05, 3.63) is 144 Å². The normalized spacial score (nSPS) is 11.2. The summed E-state index contributed by atoms with van der Waals surface area (Å²) in [5.74, 6) is 0.0265. The van der Waals surface area contributed by atoms with Gasteiger partial charge in [0, 0.05) is 28.2 Å². The van der Waals surface area contributed by atoms with Gasteiger partial charge in [-0.05, 0) is 63.9 Å². The van der Waals surface area contributed by atoms with E-state index in [0.717, 1.165) is 27.5 Å². The highest BCUT2D eigenvalue weighted by Gasteiger charge is 2.22. The number of phenolic OH excluding ortho intramolecular Hbond substituents is 4. The number of para-hydroxylation sites is 2. The van der Waals surface area contributed by atoms with Crippen LogP contribution >= 0.6 is 0 Å². The largest absolute Gasteiger partial charge is 0.507 e. The zero-order chi connectivity index (χ0) is 26.9. The van der Waals surface area contributed by atoms with Crippen molar-refractivity contribution in [1.29, 1.82) is 0 Å². The average molecular weight is 511 g/mol. The highest BCUT2D eigenvalue weighted by atomic mass is 16.3. The molecule has 0 radical (unpaired) electrons.